The number of halogens is 1. The molecule has 0 aromatic heterocycles. The minimum Gasteiger partial charge on any atom is -0.373 e. The molecule has 0 radical (unpaired) electrons. The van der Waals surface area contributed by atoms with E-state index in [0.717, 1.165) is 6.07 Å². The molecule has 5 heteroatoms. The zero-order valence-corrected chi connectivity index (χ0v) is 7.98. The van der Waals surface area contributed by atoms with Crippen LogP contribution in [0, 0.1) is 15.9 Å². The van der Waals surface area contributed by atoms with E-state index in [0.29, 0.717) is 0 Å². The predicted molar refractivity (Wildman–Crippen MR) is 52.9 cm³/mol. The SMILES string of the molecule is C=CCOCc1cccc([N+](=O)[O-])c1F. The maximum absolute atomic E-state index is 13.4. The van der Waals surface area contributed by atoms with Gasteiger partial charge in [0.15, 0.2) is 0 Å². The summed E-state index contributed by atoms with van der Waals surface area (Å²) in [5.74, 6) is -0.841. The summed E-state index contributed by atoms with van der Waals surface area (Å²) in [6, 6.07) is 3.99. The van der Waals surface area contributed by atoms with Gasteiger partial charge in [-0.25, -0.2) is 0 Å². The van der Waals surface area contributed by atoms with Crippen molar-refractivity contribution >= 4 is 5.69 Å². The first kappa shape index (κ1) is 11.3. The van der Waals surface area contributed by atoms with Crippen molar-refractivity contribution in [2.45, 2.75) is 6.61 Å². The zero-order chi connectivity index (χ0) is 11.3. The van der Waals surface area contributed by atoms with Gasteiger partial charge in [0.05, 0.1) is 18.1 Å². The first-order valence-corrected chi connectivity index (χ1v) is 4.27. The summed E-state index contributed by atoms with van der Waals surface area (Å²) in [5, 5.41) is 10.4. The van der Waals surface area contributed by atoms with Crippen molar-refractivity contribution in [2.24, 2.45) is 0 Å². The van der Waals surface area contributed by atoms with E-state index in [9.17, 15) is 14.5 Å². The van der Waals surface area contributed by atoms with Crippen LogP contribution in [-0.4, -0.2) is 11.5 Å². The lowest BCUT2D eigenvalue weighted by Crippen LogP contribution is -2.00. The molecular formula is C10H10FNO3. The van der Waals surface area contributed by atoms with E-state index in [4.69, 9.17) is 4.74 Å². The molecular weight excluding hydrogens is 201 g/mol. The lowest BCUT2D eigenvalue weighted by Gasteiger charge is -2.03. The quantitative estimate of drug-likeness (QED) is 0.325. The zero-order valence-electron chi connectivity index (χ0n) is 7.98. The molecule has 1 aromatic carbocycles. The lowest BCUT2D eigenvalue weighted by molar-refractivity contribution is -0.387. The highest BCUT2D eigenvalue weighted by atomic mass is 19.1. The Kier molecular flexibility index (Phi) is 3.93. The van der Waals surface area contributed by atoms with Crippen LogP contribution >= 0.6 is 0 Å². The molecule has 0 unspecified atom stereocenters. The number of hydrogen-bond donors (Lipinski definition) is 0. The van der Waals surface area contributed by atoms with Crippen molar-refractivity contribution in [3.8, 4) is 0 Å². The summed E-state index contributed by atoms with van der Waals surface area (Å²) >= 11 is 0. The van der Waals surface area contributed by atoms with Crippen molar-refractivity contribution in [3.05, 3.63) is 52.3 Å². The smallest absolute Gasteiger partial charge is 0.305 e. The number of nitro benzene ring substituents is 1. The predicted octanol–water partition coefficient (Wildman–Crippen LogP) is 2.44. The highest BCUT2D eigenvalue weighted by molar-refractivity contribution is 5.36. The molecule has 0 saturated carbocycles. The Hall–Kier alpha value is -1.75. The molecule has 0 bridgehead atoms. The van der Waals surface area contributed by atoms with Gasteiger partial charge in [-0.05, 0) is 0 Å². The van der Waals surface area contributed by atoms with E-state index in [1.807, 2.05) is 0 Å². The van der Waals surface area contributed by atoms with Gasteiger partial charge in [0.2, 0.25) is 5.82 Å². The third-order valence-electron chi connectivity index (χ3n) is 1.75. The van der Waals surface area contributed by atoms with Gasteiger partial charge in [-0.3, -0.25) is 10.1 Å². The van der Waals surface area contributed by atoms with E-state index in [2.05, 4.69) is 6.58 Å². The maximum Gasteiger partial charge on any atom is 0.305 e. The minimum atomic E-state index is -0.841. The fourth-order valence-corrected chi connectivity index (χ4v) is 1.07. The van der Waals surface area contributed by atoms with E-state index < -0.39 is 16.4 Å². The lowest BCUT2D eigenvalue weighted by atomic mass is 10.2. The first-order valence-electron chi connectivity index (χ1n) is 4.27. The van der Waals surface area contributed by atoms with Gasteiger partial charge in [-0.2, -0.15) is 4.39 Å². The largest absolute Gasteiger partial charge is 0.373 e. The molecule has 0 N–H and O–H groups in total. The monoisotopic (exact) mass is 211 g/mol. The molecule has 0 heterocycles. The van der Waals surface area contributed by atoms with Crippen LogP contribution in [0.25, 0.3) is 0 Å². The molecule has 0 aliphatic rings. The number of hydrogen-bond acceptors (Lipinski definition) is 3. The second-order valence-corrected chi connectivity index (χ2v) is 2.81. The Labute approximate surface area is 86.1 Å². The van der Waals surface area contributed by atoms with Crippen LogP contribution in [0.15, 0.2) is 30.9 Å². The van der Waals surface area contributed by atoms with Crippen LogP contribution in [0.5, 0.6) is 0 Å². The van der Waals surface area contributed by atoms with Crippen LogP contribution in [0.1, 0.15) is 5.56 Å². The number of ether oxygens (including phenoxy) is 1. The fourth-order valence-electron chi connectivity index (χ4n) is 1.07. The number of benzene rings is 1. The van der Waals surface area contributed by atoms with Gasteiger partial charge in [0.25, 0.3) is 0 Å². The van der Waals surface area contributed by atoms with Crippen LogP contribution in [-0.2, 0) is 11.3 Å². The molecule has 80 valence electrons. The molecule has 0 spiro atoms. The molecule has 1 aromatic rings. The molecule has 15 heavy (non-hydrogen) atoms. The van der Waals surface area contributed by atoms with Gasteiger partial charge < -0.3 is 4.74 Å². The average molecular weight is 211 g/mol. The Balaban J connectivity index is 2.84. The molecule has 0 amide bonds. The Morgan fingerprint density at radius 1 is 1.60 bits per heavy atom. The van der Waals surface area contributed by atoms with Crippen molar-refractivity contribution in [3.63, 3.8) is 0 Å². The highest BCUT2D eigenvalue weighted by Gasteiger charge is 2.16. The van der Waals surface area contributed by atoms with Gasteiger partial charge in [-0.1, -0.05) is 18.2 Å². The van der Waals surface area contributed by atoms with Crippen LogP contribution < -0.4 is 0 Å². The Bertz CT molecular complexity index is 379. The minimum absolute atomic E-state index is 0.000463. The standard InChI is InChI=1S/C10H10FNO3/c1-2-6-15-7-8-4-3-5-9(10(8)11)12(13)14/h2-5H,1,6-7H2. The summed E-state index contributed by atoms with van der Waals surface area (Å²) in [6.45, 7) is 3.71. The van der Waals surface area contributed by atoms with Gasteiger partial charge in [0, 0.05) is 11.6 Å². The second-order valence-electron chi connectivity index (χ2n) is 2.81. The average Bonchev–Trinajstić information content (AvgIpc) is 2.20. The van der Waals surface area contributed by atoms with E-state index >= 15 is 0 Å². The Morgan fingerprint density at radius 3 is 2.93 bits per heavy atom. The summed E-state index contributed by atoms with van der Waals surface area (Å²) in [7, 11) is 0. The number of nitro groups is 1. The van der Waals surface area contributed by atoms with E-state index in [-0.39, 0.29) is 18.8 Å². The van der Waals surface area contributed by atoms with Crippen molar-refractivity contribution < 1.29 is 14.1 Å². The maximum atomic E-state index is 13.4. The van der Waals surface area contributed by atoms with Crippen molar-refractivity contribution in [2.75, 3.05) is 6.61 Å². The van der Waals surface area contributed by atoms with Crippen molar-refractivity contribution in [1.82, 2.24) is 0 Å². The first-order chi connectivity index (χ1) is 7.16. The molecule has 0 aliphatic heterocycles. The normalized spacial score (nSPS) is 9.93. The molecule has 4 nitrogen and oxygen atoms in total. The molecule has 1 rings (SSSR count). The van der Waals surface area contributed by atoms with E-state index in [1.165, 1.54) is 18.2 Å². The topological polar surface area (TPSA) is 52.4 Å². The van der Waals surface area contributed by atoms with Crippen LogP contribution in [0.4, 0.5) is 10.1 Å². The number of nitrogens with zero attached hydrogens (tertiary/aromatic N) is 1. The third kappa shape index (κ3) is 2.85. The molecule has 0 fully saturated rings. The highest BCUT2D eigenvalue weighted by Crippen LogP contribution is 2.20. The number of rotatable bonds is 5. The fraction of sp³-hybridized carbons (Fsp3) is 0.200. The van der Waals surface area contributed by atoms with Gasteiger partial charge in [-0.15, -0.1) is 6.58 Å². The van der Waals surface area contributed by atoms with Crippen LogP contribution in [0.2, 0.25) is 0 Å². The summed E-state index contributed by atoms with van der Waals surface area (Å²) in [6.07, 6.45) is 1.52. The molecule has 0 saturated heterocycles. The molecule has 0 aliphatic carbocycles. The summed E-state index contributed by atoms with van der Waals surface area (Å²) < 4.78 is 18.4. The summed E-state index contributed by atoms with van der Waals surface area (Å²) in [5.41, 5.74) is -0.360. The Morgan fingerprint density at radius 2 is 2.33 bits per heavy atom. The van der Waals surface area contributed by atoms with Gasteiger partial charge in [0.1, 0.15) is 0 Å². The molecule has 0 atom stereocenters. The van der Waals surface area contributed by atoms with Crippen molar-refractivity contribution in [1.29, 1.82) is 0 Å². The second kappa shape index (κ2) is 5.21. The van der Waals surface area contributed by atoms with E-state index in [1.54, 1.807) is 0 Å². The van der Waals surface area contributed by atoms with Gasteiger partial charge >= 0.3 is 5.69 Å². The van der Waals surface area contributed by atoms with Crippen LogP contribution in [0.3, 0.4) is 0 Å². The third-order valence-corrected chi connectivity index (χ3v) is 1.75. The summed E-state index contributed by atoms with van der Waals surface area (Å²) in [4.78, 5) is 9.65.